The summed E-state index contributed by atoms with van der Waals surface area (Å²) in [5.74, 6) is -1.48. The van der Waals surface area contributed by atoms with E-state index in [0.29, 0.717) is 6.54 Å². The van der Waals surface area contributed by atoms with Gasteiger partial charge in [0.25, 0.3) is 0 Å². The Bertz CT molecular complexity index is 1140. The lowest BCUT2D eigenvalue weighted by atomic mass is 10.1. The monoisotopic (exact) mass is 531 g/mol. The minimum Gasteiger partial charge on any atom is -0.354 e. The van der Waals surface area contributed by atoms with Crippen molar-refractivity contribution in [2.45, 2.75) is 33.4 Å². The molecule has 0 aliphatic carbocycles. The van der Waals surface area contributed by atoms with E-state index in [1.807, 2.05) is 13.8 Å². The summed E-state index contributed by atoms with van der Waals surface area (Å²) < 4.78 is 40.3. The van der Waals surface area contributed by atoms with Gasteiger partial charge in [-0.05, 0) is 37.1 Å². The smallest absolute Gasteiger partial charge is 0.244 e. The largest absolute Gasteiger partial charge is 0.354 e. The Balaban J connectivity index is 2.40. The Morgan fingerprint density at radius 2 is 1.71 bits per heavy atom. The van der Waals surface area contributed by atoms with Gasteiger partial charge >= 0.3 is 0 Å². The number of halogens is 3. The number of carbonyl (C=O) groups excluding carboxylic acids is 2. The highest BCUT2D eigenvalue weighted by molar-refractivity contribution is 7.92. The van der Waals surface area contributed by atoms with Crippen LogP contribution in [0.25, 0.3) is 0 Å². The van der Waals surface area contributed by atoms with Gasteiger partial charge in [-0.25, -0.2) is 12.8 Å². The Morgan fingerprint density at radius 1 is 1.06 bits per heavy atom. The van der Waals surface area contributed by atoms with E-state index in [1.54, 1.807) is 6.07 Å². The Hall–Kier alpha value is -2.36. The van der Waals surface area contributed by atoms with Crippen molar-refractivity contribution < 1.29 is 22.4 Å². The Kier molecular flexibility index (Phi) is 9.73. The quantitative estimate of drug-likeness (QED) is 0.500. The average molecular weight is 532 g/mol. The van der Waals surface area contributed by atoms with Crippen LogP contribution in [-0.2, 0) is 26.2 Å². The molecule has 34 heavy (non-hydrogen) atoms. The maximum Gasteiger partial charge on any atom is 0.244 e. The van der Waals surface area contributed by atoms with Crippen molar-refractivity contribution in [3.05, 3.63) is 63.9 Å². The molecule has 186 valence electrons. The fourth-order valence-electron chi connectivity index (χ4n) is 3.10. The first-order valence-corrected chi connectivity index (χ1v) is 13.1. The van der Waals surface area contributed by atoms with Gasteiger partial charge in [0.05, 0.1) is 22.0 Å². The van der Waals surface area contributed by atoms with Crippen molar-refractivity contribution in [3.8, 4) is 0 Å². The second kappa shape index (κ2) is 11.9. The van der Waals surface area contributed by atoms with Crippen molar-refractivity contribution in [3.63, 3.8) is 0 Å². The average Bonchev–Trinajstić information content (AvgIpc) is 2.75. The molecule has 0 unspecified atom stereocenters. The molecule has 0 saturated heterocycles. The molecule has 0 heterocycles. The van der Waals surface area contributed by atoms with Crippen molar-refractivity contribution in [1.29, 1.82) is 0 Å². The van der Waals surface area contributed by atoms with Crippen LogP contribution in [0.1, 0.15) is 26.3 Å². The van der Waals surface area contributed by atoms with Crippen LogP contribution in [0.3, 0.4) is 0 Å². The number of sulfonamides is 1. The van der Waals surface area contributed by atoms with Gasteiger partial charge in [-0.2, -0.15) is 0 Å². The number of anilines is 1. The lowest BCUT2D eigenvalue weighted by Crippen LogP contribution is -2.51. The van der Waals surface area contributed by atoms with Crippen LogP contribution < -0.4 is 9.62 Å². The fraction of sp³-hybridized carbons (Fsp3) is 0.391. The molecule has 2 amide bonds. The lowest BCUT2D eigenvalue weighted by molar-refractivity contribution is -0.139. The van der Waals surface area contributed by atoms with Gasteiger partial charge in [0.1, 0.15) is 18.4 Å². The number of nitrogens with zero attached hydrogens (tertiary/aromatic N) is 2. The van der Waals surface area contributed by atoms with Crippen LogP contribution >= 0.6 is 23.2 Å². The summed E-state index contributed by atoms with van der Waals surface area (Å²) in [6.45, 7) is 4.92. The number of rotatable bonds is 10. The lowest BCUT2D eigenvalue weighted by Gasteiger charge is -2.31. The van der Waals surface area contributed by atoms with E-state index in [4.69, 9.17) is 23.2 Å². The molecule has 0 bridgehead atoms. The van der Waals surface area contributed by atoms with Crippen LogP contribution in [0.2, 0.25) is 10.0 Å². The van der Waals surface area contributed by atoms with Gasteiger partial charge in [-0.3, -0.25) is 13.9 Å². The second-order valence-corrected chi connectivity index (χ2v) is 11.0. The zero-order chi connectivity index (χ0) is 25.6. The molecule has 0 aliphatic heterocycles. The Labute approximate surface area is 209 Å². The SMILES string of the molecule is CC(C)CNC(=O)[C@H](C)N(Cc1ccccc1F)C(=O)CN(c1ccc(Cl)c(Cl)c1)S(C)(=O)=O. The van der Waals surface area contributed by atoms with Gasteiger partial charge < -0.3 is 10.2 Å². The molecule has 0 spiro atoms. The standard InChI is InChI=1S/C23H28Cl2FN3O4S/c1-15(2)12-27-23(31)16(3)28(13-17-7-5-6-8-21(17)26)22(30)14-29(34(4,32)33)18-9-10-19(24)20(25)11-18/h5-11,15-16H,12-14H2,1-4H3,(H,27,31)/t16-/m0/s1. The van der Waals surface area contributed by atoms with E-state index in [9.17, 15) is 22.4 Å². The first-order valence-electron chi connectivity index (χ1n) is 10.5. The number of hydrogen-bond donors (Lipinski definition) is 1. The number of amides is 2. The van der Waals surface area contributed by atoms with Gasteiger partial charge in [0.2, 0.25) is 21.8 Å². The summed E-state index contributed by atoms with van der Waals surface area (Å²) in [5, 5.41) is 3.10. The highest BCUT2D eigenvalue weighted by Crippen LogP contribution is 2.28. The summed E-state index contributed by atoms with van der Waals surface area (Å²) in [6, 6.07) is 9.06. The molecular weight excluding hydrogens is 504 g/mol. The van der Waals surface area contributed by atoms with E-state index >= 15 is 0 Å². The number of hydrogen-bond acceptors (Lipinski definition) is 4. The molecular formula is C23H28Cl2FN3O4S. The molecule has 0 aliphatic rings. The zero-order valence-corrected chi connectivity index (χ0v) is 21.7. The Morgan fingerprint density at radius 3 is 2.26 bits per heavy atom. The van der Waals surface area contributed by atoms with Crippen LogP contribution in [0, 0.1) is 11.7 Å². The normalized spacial score (nSPS) is 12.4. The van der Waals surface area contributed by atoms with Crippen molar-refractivity contribution in [2.75, 3.05) is 23.7 Å². The topological polar surface area (TPSA) is 86.8 Å². The highest BCUT2D eigenvalue weighted by atomic mass is 35.5. The molecule has 0 radical (unpaired) electrons. The van der Waals surface area contributed by atoms with Crippen LogP contribution in [0.5, 0.6) is 0 Å². The van der Waals surface area contributed by atoms with Gasteiger partial charge in [-0.1, -0.05) is 55.2 Å². The molecule has 2 aromatic rings. The van der Waals surface area contributed by atoms with E-state index in [0.717, 1.165) is 15.5 Å². The number of nitrogens with one attached hydrogen (secondary N) is 1. The zero-order valence-electron chi connectivity index (χ0n) is 19.4. The second-order valence-electron chi connectivity index (χ2n) is 8.30. The predicted molar refractivity (Wildman–Crippen MR) is 133 cm³/mol. The molecule has 0 saturated carbocycles. The minimum absolute atomic E-state index is 0.116. The van der Waals surface area contributed by atoms with Crippen molar-refractivity contribution in [2.24, 2.45) is 5.92 Å². The fourth-order valence-corrected chi connectivity index (χ4v) is 4.23. The maximum atomic E-state index is 14.4. The van der Waals surface area contributed by atoms with Crippen molar-refractivity contribution in [1.82, 2.24) is 10.2 Å². The summed E-state index contributed by atoms with van der Waals surface area (Å²) in [4.78, 5) is 27.3. The summed E-state index contributed by atoms with van der Waals surface area (Å²) >= 11 is 12.0. The van der Waals surface area contributed by atoms with E-state index in [1.165, 1.54) is 43.3 Å². The molecule has 0 fully saturated rings. The third-order valence-corrected chi connectivity index (χ3v) is 6.90. The molecule has 7 nitrogen and oxygen atoms in total. The van der Waals surface area contributed by atoms with E-state index < -0.39 is 40.2 Å². The third kappa shape index (κ3) is 7.58. The minimum atomic E-state index is -3.92. The van der Waals surface area contributed by atoms with Crippen LogP contribution in [0.15, 0.2) is 42.5 Å². The van der Waals surface area contributed by atoms with Gasteiger partial charge in [-0.15, -0.1) is 0 Å². The molecule has 11 heteroatoms. The maximum absolute atomic E-state index is 14.4. The molecule has 2 rings (SSSR count). The first kappa shape index (κ1) is 27.9. The summed E-state index contributed by atoms with van der Waals surface area (Å²) in [5.41, 5.74) is 0.327. The predicted octanol–water partition coefficient (Wildman–Crippen LogP) is 4.09. The van der Waals surface area contributed by atoms with Gasteiger partial charge in [0, 0.05) is 18.7 Å². The summed E-state index contributed by atoms with van der Waals surface area (Å²) in [6.07, 6.45) is 0.947. The summed E-state index contributed by atoms with van der Waals surface area (Å²) in [7, 11) is -3.92. The van der Waals surface area contributed by atoms with E-state index in [-0.39, 0.29) is 33.8 Å². The number of carbonyl (C=O) groups is 2. The molecule has 0 aromatic heterocycles. The highest BCUT2D eigenvalue weighted by Gasteiger charge is 2.30. The first-order chi connectivity index (χ1) is 15.8. The molecule has 2 aromatic carbocycles. The molecule has 1 atom stereocenters. The number of benzene rings is 2. The van der Waals surface area contributed by atoms with Crippen molar-refractivity contribution >= 4 is 50.7 Å². The third-order valence-electron chi connectivity index (χ3n) is 5.02. The van der Waals surface area contributed by atoms with E-state index in [2.05, 4.69) is 5.32 Å². The van der Waals surface area contributed by atoms with Crippen LogP contribution in [-0.4, -0.2) is 50.5 Å². The van der Waals surface area contributed by atoms with Gasteiger partial charge in [0.15, 0.2) is 0 Å². The molecule has 1 N–H and O–H groups in total. The van der Waals surface area contributed by atoms with Crippen LogP contribution in [0.4, 0.5) is 10.1 Å².